The highest BCUT2D eigenvalue weighted by atomic mass is 16.5. The number of amides is 1. The van der Waals surface area contributed by atoms with Crippen LogP contribution in [-0.4, -0.2) is 31.7 Å². The van der Waals surface area contributed by atoms with Crippen LogP contribution in [0.3, 0.4) is 0 Å². The number of benzene rings is 1. The standard InChI is InChI=1S/C16H18N2O3/c1-20-14-9-4-3-7-12(14)15(21-2)11-18-16(19)13-8-5-6-10-17-13/h3-10,15H,11H2,1-2H3,(H,18,19)/t15-/m0/s1. The third-order valence-electron chi connectivity index (χ3n) is 3.12. The van der Waals surface area contributed by atoms with Gasteiger partial charge in [0, 0.05) is 25.4 Å². The molecule has 1 aromatic carbocycles. The SMILES string of the molecule is COc1ccccc1[C@H](CNC(=O)c1ccccn1)OC. The second kappa shape index (κ2) is 7.40. The molecule has 0 saturated heterocycles. The summed E-state index contributed by atoms with van der Waals surface area (Å²) in [4.78, 5) is 16.0. The fourth-order valence-electron chi connectivity index (χ4n) is 2.03. The summed E-state index contributed by atoms with van der Waals surface area (Å²) in [5, 5.41) is 2.82. The highest BCUT2D eigenvalue weighted by molar-refractivity contribution is 5.92. The molecule has 5 heteroatoms. The van der Waals surface area contributed by atoms with E-state index in [1.54, 1.807) is 38.6 Å². The summed E-state index contributed by atoms with van der Waals surface area (Å²) < 4.78 is 10.8. The molecule has 1 amide bonds. The molecule has 1 N–H and O–H groups in total. The number of nitrogens with zero attached hydrogens (tertiary/aromatic N) is 1. The van der Waals surface area contributed by atoms with Gasteiger partial charge in [-0.3, -0.25) is 9.78 Å². The maximum absolute atomic E-state index is 12.0. The van der Waals surface area contributed by atoms with Crippen molar-refractivity contribution in [1.29, 1.82) is 0 Å². The second-order valence-electron chi connectivity index (χ2n) is 4.39. The molecule has 0 bridgehead atoms. The molecule has 0 fully saturated rings. The Labute approximate surface area is 123 Å². The van der Waals surface area contributed by atoms with E-state index in [1.165, 1.54) is 0 Å². The van der Waals surface area contributed by atoms with Crippen LogP contribution in [0.5, 0.6) is 5.75 Å². The summed E-state index contributed by atoms with van der Waals surface area (Å²) in [6, 6.07) is 12.8. The zero-order valence-corrected chi connectivity index (χ0v) is 12.1. The molecule has 0 radical (unpaired) electrons. The third kappa shape index (κ3) is 3.79. The van der Waals surface area contributed by atoms with Crippen LogP contribution in [0, 0.1) is 0 Å². The largest absolute Gasteiger partial charge is 0.496 e. The Morgan fingerprint density at radius 2 is 1.95 bits per heavy atom. The van der Waals surface area contributed by atoms with Crippen molar-refractivity contribution in [2.24, 2.45) is 0 Å². The summed E-state index contributed by atoms with van der Waals surface area (Å²) in [6.07, 6.45) is 1.30. The third-order valence-corrected chi connectivity index (χ3v) is 3.12. The molecule has 0 saturated carbocycles. The normalized spacial score (nSPS) is 11.7. The summed E-state index contributed by atoms with van der Waals surface area (Å²) in [5.74, 6) is 0.504. The van der Waals surface area contributed by atoms with Crippen molar-refractivity contribution >= 4 is 5.91 Å². The van der Waals surface area contributed by atoms with E-state index in [-0.39, 0.29) is 12.0 Å². The lowest BCUT2D eigenvalue weighted by molar-refractivity contribution is 0.0815. The van der Waals surface area contributed by atoms with E-state index in [9.17, 15) is 4.79 Å². The van der Waals surface area contributed by atoms with Crippen LogP contribution in [0.25, 0.3) is 0 Å². The van der Waals surface area contributed by atoms with E-state index in [4.69, 9.17) is 9.47 Å². The van der Waals surface area contributed by atoms with Crippen molar-refractivity contribution in [3.63, 3.8) is 0 Å². The molecule has 0 aliphatic heterocycles. The van der Waals surface area contributed by atoms with Crippen molar-refractivity contribution in [2.75, 3.05) is 20.8 Å². The second-order valence-corrected chi connectivity index (χ2v) is 4.39. The molecular formula is C16H18N2O3. The van der Waals surface area contributed by atoms with Crippen LogP contribution in [0.15, 0.2) is 48.7 Å². The molecule has 2 rings (SSSR count). The topological polar surface area (TPSA) is 60.5 Å². The average molecular weight is 286 g/mol. The van der Waals surface area contributed by atoms with Gasteiger partial charge in [-0.1, -0.05) is 24.3 Å². The van der Waals surface area contributed by atoms with Crippen LogP contribution < -0.4 is 10.1 Å². The maximum atomic E-state index is 12.0. The number of pyridine rings is 1. The highest BCUT2D eigenvalue weighted by Crippen LogP contribution is 2.26. The Morgan fingerprint density at radius 1 is 1.19 bits per heavy atom. The lowest BCUT2D eigenvalue weighted by Crippen LogP contribution is -2.29. The predicted octanol–water partition coefficient (Wildman–Crippen LogP) is 2.21. The van der Waals surface area contributed by atoms with Crippen molar-refractivity contribution in [3.8, 4) is 5.75 Å². The Bertz CT molecular complexity index is 587. The van der Waals surface area contributed by atoms with Crippen LogP contribution in [0.1, 0.15) is 22.2 Å². The molecule has 110 valence electrons. The van der Waals surface area contributed by atoms with Gasteiger partial charge in [0.25, 0.3) is 5.91 Å². The van der Waals surface area contributed by atoms with E-state index in [0.29, 0.717) is 12.2 Å². The first kappa shape index (κ1) is 15.0. The number of carbonyl (C=O) groups excluding carboxylic acids is 1. The van der Waals surface area contributed by atoms with Gasteiger partial charge >= 0.3 is 0 Å². The maximum Gasteiger partial charge on any atom is 0.269 e. The Balaban J connectivity index is 2.05. The fraction of sp³-hybridized carbons (Fsp3) is 0.250. The van der Waals surface area contributed by atoms with Crippen LogP contribution in [0.4, 0.5) is 0 Å². The lowest BCUT2D eigenvalue weighted by atomic mass is 10.1. The minimum atomic E-state index is -0.284. The molecule has 1 heterocycles. The van der Waals surface area contributed by atoms with Gasteiger partial charge in [0.15, 0.2) is 0 Å². The quantitative estimate of drug-likeness (QED) is 0.884. The molecule has 0 aliphatic carbocycles. The molecule has 0 spiro atoms. The summed E-state index contributed by atoms with van der Waals surface area (Å²) in [7, 11) is 3.21. The number of rotatable bonds is 6. The lowest BCUT2D eigenvalue weighted by Gasteiger charge is -2.18. The minimum absolute atomic E-state index is 0.229. The molecule has 2 aromatic rings. The first-order valence-electron chi connectivity index (χ1n) is 6.61. The van der Waals surface area contributed by atoms with Crippen LogP contribution in [0.2, 0.25) is 0 Å². The molecule has 1 atom stereocenters. The Morgan fingerprint density at radius 3 is 2.62 bits per heavy atom. The number of carbonyl (C=O) groups is 1. The molecule has 5 nitrogen and oxygen atoms in total. The van der Waals surface area contributed by atoms with E-state index < -0.39 is 0 Å². The highest BCUT2D eigenvalue weighted by Gasteiger charge is 2.16. The zero-order valence-electron chi connectivity index (χ0n) is 12.1. The smallest absolute Gasteiger partial charge is 0.269 e. The minimum Gasteiger partial charge on any atom is -0.496 e. The predicted molar refractivity (Wildman–Crippen MR) is 79.3 cm³/mol. The molecular weight excluding hydrogens is 268 g/mol. The molecule has 21 heavy (non-hydrogen) atoms. The van der Waals surface area contributed by atoms with Crippen LogP contribution in [-0.2, 0) is 4.74 Å². The molecule has 1 aromatic heterocycles. The number of methoxy groups -OCH3 is 2. The van der Waals surface area contributed by atoms with Crippen LogP contribution >= 0.6 is 0 Å². The number of hydrogen-bond acceptors (Lipinski definition) is 4. The van der Waals surface area contributed by atoms with Gasteiger partial charge in [-0.25, -0.2) is 0 Å². The monoisotopic (exact) mass is 286 g/mol. The number of aromatic nitrogens is 1. The Hall–Kier alpha value is -2.40. The Kier molecular flexibility index (Phi) is 5.29. The molecule has 0 aliphatic rings. The van der Waals surface area contributed by atoms with Crippen molar-refractivity contribution < 1.29 is 14.3 Å². The van der Waals surface area contributed by atoms with E-state index >= 15 is 0 Å². The van der Waals surface area contributed by atoms with E-state index in [2.05, 4.69) is 10.3 Å². The van der Waals surface area contributed by atoms with Crippen molar-refractivity contribution in [2.45, 2.75) is 6.10 Å². The van der Waals surface area contributed by atoms with Gasteiger partial charge in [-0.2, -0.15) is 0 Å². The van der Waals surface area contributed by atoms with E-state index in [1.807, 2.05) is 24.3 Å². The summed E-state index contributed by atoms with van der Waals surface area (Å²) in [5.41, 5.74) is 1.27. The van der Waals surface area contributed by atoms with Crippen molar-refractivity contribution in [1.82, 2.24) is 10.3 Å². The average Bonchev–Trinajstić information content (AvgIpc) is 2.56. The van der Waals surface area contributed by atoms with Gasteiger partial charge in [0.2, 0.25) is 0 Å². The molecule has 0 unspecified atom stereocenters. The summed E-state index contributed by atoms with van der Waals surface area (Å²) in [6.45, 7) is 0.340. The number of nitrogens with one attached hydrogen (secondary N) is 1. The van der Waals surface area contributed by atoms with Gasteiger partial charge in [-0.05, 0) is 18.2 Å². The van der Waals surface area contributed by atoms with Gasteiger partial charge in [0.1, 0.15) is 17.5 Å². The first-order valence-corrected chi connectivity index (χ1v) is 6.61. The van der Waals surface area contributed by atoms with Crippen molar-refractivity contribution in [3.05, 3.63) is 59.9 Å². The fourth-order valence-corrected chi connectivity index (χ4v) is 2.03. The van der Waals surface area contributed by atoms with E-state index in [0.717, 1.165) is 11.3 Å². The zero-order chi connectivity index (χ0) is 15.1. The number of para-hydroxylation sites is 1. The van der Waals surface area contributed by atoms with Gasteiger partial charge < -0.3 is 14.8 Å². The van der Waals surface area contributed by atoms with Gasteiger partial charge in [0.05, 0.1) is 7.11 Å². The van der Waals surface area contributed by atoms with Gasteiger partial charge in [-0.15, -0.1) is 0 Å². The number of ether oxygens (including phenoxy) is 2. The first-order chi connectivity index (χ1) is 10.3. The summed E-state index contributed by atoms with van der Waals surface area (Å²) >= 11 is 0. The number of hydrogen-bond donors (Lipinski definition) is 1.